The number of halogens is 1. The fourth-order valence-electron chi connectivity index (χ4n) is 2.18. The fourth-order valence-corrected chi connectivity index (χ4v) is 2.34. The largest absolute Gasteiger partial charge is 0.467 e. The van der Waals surface area contributed by atoms with Crippen LogP contribution in [0.15, 0.2) is 6.20 Å². The Balaban J connectivity index is 1.90. The van der Waals surface area contributed by atoms with Gasteiger partial charge in [-0.3, -0.25) is 0 Å². The Morgan fingerprint density at radius 2 is 2.44 bits per heavy atom. The van der Waals surface area contributed by atoms with Crippen LogP contribution in [0.25, 0.3) is 0 Å². The molecule has 1 N–H and O–H groups in total. The van der Waals surface area contributed by atoms with Gasteiger partial charge in [-0.2, -0.15) is 4.98 Å². The SMILES string of the molecule is CCN1CCC(CNc2nc(OC)ncc2Cl)C1. The number of hydrogen-bond acceptors (Lipinski definition) is 5. The van der Waals surface area contributed by atoms with E-state index in [0.717, 1.165) is 19.6 Å². The van der Waals surface area contributed by atoms with Crippen LogP contribution in [-0.2, 0) is 0 Å². The molecule has 5 nitrogen and oxygen atoms in total. The van der Waals surface area contributed by atoms with E-state index in [1.54, 1.807) is 13.3 Å². The van der Waals surface area contributed by atoms with Gasteiger partial charge < -0.3 is 15.0 Å². The molecule has 1 aliphatic heterocycles. The Kier molecular flexibility index (Phi) is 4.60. The summed E-state index contributed by atoms with van der Waals surface area (Å²) in [5.74, 6) is 1.31. The average Bonchev–Trinajstić information content (AvgIpc) is 2.86. The molecule has 2 rings (SSSR count). The van der Waals surface area contributed by atoms with Crippen LogP contribution >= 0.6 is 11.6 Å². The Bertz CT molecular complexity index is 402. The zero-order valence-corrected chi connectivity index (χ0v) is 11.6. The molecule has 2 heterocycles. The van der Waals surface area contributed by atoms with Crippen LogP contribution in [0.4, 0.5) is 5.82 Å². The van der Waals surface area contributed by atoms with Crippen molar-refractivity contribution < 1.29 is 4.74 Å². The van der Waals surface area contributed by atoms with Gasteiger partial charge in [-0.25, -0.2) is 4.98 Å². The first-order chi connectivity index (χ1) is 8.72. The number of hydrogen-bond donors (Lipinski definition) is 1. The van der Waals surface area contributed by atoms with Crippen LogP contribution < -0.4 is 10.1 Å². The van der Waals surface area contributed by atoms with E-state index in [-0.39, 0.29) is 0 Å². The van der Waals surface area contributed by atoms with Crippen molar-refractivity contribution in [3.63, 3.8) is 0 Å². The van der Waals surface area contributed by atoms with E-state index >= 15 is 0 Å². The highest BCUT2D eigenvalue weighted by Crippen LogP contribution is 2.22. The number of aromatic nitrogens is 2. The molecule has 1 atom stereocenters. The first-order valence-corrected chi connectivity index (χ1v) is 6.63. The second-order valence-electron chi connectivity index (χ2n) is 4.48. The van der Waals surface area contributed by atoms with Gasteiger partial charge >= 0.3 is 6.01 Å². The number of methoxy groups -OCH3 is 1. The molecule has 0 aromatic carbocycles. The summed E-state index contributed by atoms with van der Waals surface area (Å²) in [7, 11) is 1.54. The molecule has 1 aromatic rings. The maximum Gasteiger partial charge on any atom is 0.318 e. The summed E-state index contributed by atoms with van der Waals surface area (Å²) in [6.07, 6.45) is 2.78. The minimum Gasteiger partial charge on any atom is -0.467 e. The third kappa shape index (κ3) is 3.23. The molecule has 1 saturated heterocycles. The molecule has 100 valence electrons. The number of anilines is 1. The van der Waals surface area contributed by atoms with Gasteiger partial charge in [0.25, 0.3) is 0 Å². The first-order valence-electron chi connectivity index (χ1n) is 6.25. The highest BCUT2D eigenvalue weighted by atomic mass is 35.5. The number of nitrogens with one attached hydrogen (secondary N) is 1. The van der Waals surface area contributed by atoms with E-state index in [9.17, 15) is 0 Å². The van der Waals surface area contributed by atoms with Crippen molar-refractivity contribution in [2.45, 2.75) is 13.3 Å². The molecular weight excluding hydrogens is 252 g/mol. The fraction of sp³-hybridized carbons (Fsp3) is 0.667. The molecule has 1 fully saturated rings. The van der Waals surface area contributed by atoms with E-state index in [1.165, 1.54) is 13.0 Å². The second-order valence-corrected chi connectivity index (χ2v) is 4.89. The molecule has 0 radical (unpaired) electrons. The normalized spacial score (nSPS) is 20.1. The maximum atomic E-state index is 6.04. The van der Waals surface area contributed by atoms with Crippen LogP contribution in [0.3, 0.4) is 0 Å². The van der Waals surface area contributed by atoms with E-state index in [1.807, 2.05) is 0 Å². The van der Waals surface area contributed by atoms with E-state index in [0.29, 0.717) is 22.8 Å². The molecule has 0 bridgehead atoms. The quantitative estimate of drug-likeness (QED) is 0.886. The smallest absolute Gasteiger partial charge is 0.318 e. The van der Waals surface area contributed by atoms with Crippen LogP contribution in [0.1, 0.15) is 13.3 Å². The second kappa shape index (κ2) is 6.20. The molecule has 1 aliphatic rings. The molecule has 1 unspecified atom stereocenters. The summed E-state index contributed by atoms with van der Waals surface area (Å²) in [5, 5.41) is 3.81. The maximum absolute atomic E-state index is 6.04. The summed E-state index contributed by atoms with van der Waals surface area (Å²) < 4.78 is 4.99. The molecule has 0 aliphatic carbocycles. The number of nitrogens with zero attached hydrogens (tertiary/aromatic N) is 3. The Hall–Kier alpha value is -1.07. The number of likely N-dealkylation sites (tertiary alicyclic amines) is 1. The van der Waals surface area contributed by atoms with Gasteiger partial charge in [0.2, 0.25) is 0 Å². The van der Waals surface area contributed by atoms with Gasteiger partial charge in [-0.1, -0.05) is 18.5 Å². The van der Waals surface area contributed by atoms with E-state index in [4.69, 9.17) is 16.3 Å². The predicted octanol–water partition coefficient (Wildman–Crippen LogP) is 1.89. The number of rotatable bonds is 5. The monoisotopic (exact) mass is 270 g/mol. The third-order valence-electron chi connectivity index (χ3n) is 3.28. The van der Waals surface area contributed by atoms with Gasteiger partial charge in [0.15, 0.2) is 5.82 Å². The van der Waals surface area contributed by atoms with Crippen molar-refractivity contribution >= 4 is 17.4 Å². The van der Waals surface area contributed by atoms with Gasteiger partial charge in [0, 0.05) is 13.1 Å². The van der Waals surface area contributed by atoms with Crippen LogP contribution in [0.5, 0.6) is 6.01 Å². The molecular formula is C12H19ClN4O. The molecule has 0 spiro atoms. The van der Waals surface area contributed by atoms with Gasteiger partial charge in [-0.15, -0.1) is 0 Å². The summed E-state index contributed by atoms with van der Waals surface area (Å²) in [5.41, 5.74) is 0. The van der Waals surface area contributed by atoms with E-state index < -0.39 is 0 Å². The van der Waals surface area contributed by atoms with Crippen molar-refractivity contribution in [1.29, 1.82) is 0 Å². The first kappa shape index (κ1) is 13.4. The van der Waals surface area contributed by atoms with Gasteiger partial charge in [-0.05, 0) is 25.4 Å². The van der Waals surface area contributed by atoms with Crippen molar-refractivity contribution in [1.82, 2.24) is 14.9 Å². The zero-order valence-electron chi connectivity index (χ0n) is 10.8. The lowest BCUT2D eigenvalue weighted by atomic mass is 10.1. The molecule has 18 heavy (non-hydrogen) atoms. The minimum absolute atomic E-state index is 0.337. The standard InChI is InChI=1S/C12H19ClN4O/c1-3-17-5-4-9(8-17)6-14-11-10(13)7-15-12(16-11)18-2/h7,9H,3-6,8H2,1-2H3,(H,14,15,16). The molecule has 0 saturated carbocycles. The van der Waals surface area contributed by atoms with Crippen LogP contribution in [0.2, 0.25) is 5.02 Å². The number of ether oxygens (including phenoxy) is 1. The third-order valence-corrected chi connectivity index (χ3v) is 3.56. The van der Waals surface area contributed by atoms with Crippen molar-refractivity contribution in [2.24, 2.45) is 5.92 Å². The molecule has 1 aromatic heterocycles. The lowest BCUT2D eigenvalue weighted by Gasteiger charge is -2.14. The Morgan fingerprint density at radius 3 is 3.11 bits per heavy atom. The van der Waals surface area contributed by atoms with Crippen molar-refractivity contribution in [2.75, 3.05) is 38.6 Å². The Morgan fingerprint density at radius 1 is 1.61 bits per heavy atom. The highest BCUT2D eigenvalue weighted by molar-refractivity contribution is 6.32. The predicted molar refractivity (Wildman–Crippen MR) is 72.3 cm³/mol. The summed E-state index contributed by atoms with van der Waals surface area (Å²) >= 11 is 6.04. The molecule has 0 amide bonds. The van der Waals surface area contributed by atoms with Crippen LogP contribution in [0, 0.1) is 5.92 Å². The highest BCUT2D eigenvalue weighted by Gasteiger charge is 2.21. The van der Waals surface area contributed by atoms with Gasteiger partial charge in [0.1, 0.15) is 5.02 Å². The lowest BCUT2D eigenvalue weighted by Crippen LogP contribution is -2.22. The van der Waals surface area contributed by atoms with Crippen LogP contribution in [-0.4, -0.2) is 48.2 Å². The Labute approximate surface area is 113 Å². The van der Waals surface area contributed by atoms with Gasteiger partial charge in [0.05, 0.1) is 13.3 Å². The summed E-state index contributed by atoms with van der Waals surface area (Å²) in [6.45, 7) is 6.53. The van der Waals surface area contributed by atoms with E-state index in [2.05, 4.69) is 27.1 Å². The summed E-state index contributed by atoms with van der Waals surface area (Å²) in [4.78, 5) is 10.6. The zero-order chi connectivity index (χ0) is 13.0. The average molecular weight is 271 g/mol. The van der Waals surface area contributed by atoms with Crippen molar-refractivity contribution in [3.05, 3.63) is 11.2 Å². The topological polar surface area (TPSA) is 50.3 Å². The van der Waals surface area contributed by atoms with Crippen molar-refractivity contribution in [3.8, 4) is 6.01 Å². The lowest BCUT2D eigenvalue weighted by molar-refractivity contribution is 0.345. The minimum atomic E-state index is 0.337. The summed E-state index contributed by atoms with van der Waals surface area (Å²) in [6, 6.07) is 0.337. The molecule has 6 heteroatoms.